The molecule has 0 saturated carbocycles. The van der Waals surface area contributed by atoms with Crippen LogP contribution in [0.3, 0.4) is 0 Å². The smallest absolute Gasteiger partial charge is 0.123 e. The molecular formula is C38H54O3. The quantitative estimate of drug-likeness (QED) is 0.292. The van der Waals surface area contributed by atoms with Crippen LogP contribution in [0.25, 0.3) is 0 Å². The van der Waals surface area contributed by atoms with E-state index in [1.807, 2.05) is 0 Å². The van der Waals surface area contributed by atoms with Crippen LogP contribution in [0.1, 0.15) is 140 Å². The van der Waals surface area contributed by atoms with Gasteiger partial charge in [-0.25, -0.2) is 0 Å². The van der Waals surface area contributed by atoms with Crippen molar-refractivity contribution in [2.45, 2.75) is 131 Å². The predicted octanol–water partition coefficient (Wildman–Crippen LogP) is 9.74. The standard InChI is InChI=1S/C38H54O3/c1-14-23-15-26(17-24-19-28(35(2,3)4)33(40)29(20-24)36(5,6)7)32(39)27(16-23)18-25-21-30(37(8,9)10)34(41)31(22-25)38(11,12)13/h15-16,19-22,39-41H,14,17-18H2,1-13H3. The third-order valence-electron chi connectivity index (χ3n) is 8.10. The Morgan fingerprint density at radius 1 is 0.415 bits per heavy atom. The molecule has 0 saturated heterocycles. The Morgan fingerprint density at radius 3 is 0.902 bits per heavy atom. The summed E-state index contributed by atoms with van der Waals surface area (Å²) in [6.07, 6.45) is 2.02. The molecule has 3 heteroatoms. The highest BCUT2D eigenvalue weighted by atomic mass is 16.3. The fraction of sp³-hybridized carbons (Fsp3) is 0.526. The minimum absolute atomic E-state index is 0.215. The first-order chi connectivity index (χ1) is 18.5. The average Bonchev–Trinajstić information content (AvgIpc) is 2.80. The summed E-state index contributed by atoms with van der Waals surface area (Å²) >= 11 is 0. The molecule has 0 aliphatic rings. The Hall–Kier alpha value is -2.94. The summed E-state index contributed by atoms with van der Waals surface area (Å²) in [5, 5.41) is 34.1. The van der Waals surface area contributed by atoms with E-state index < -0.39 is 0 Å². The minimum Gasteiger partial charge on any atom is -0.507 e. The van der Waals surface area contributed by atoms with Crippen molar-refractivity contribution in [1.82, 2.24) is 0 Å². The number of hydrogen-bond donors (Lipinski definition) is 3. The van der Waals surface area contributed by atoms with Crippen LogP contribution < -0.4 is 0 Å². The molecule has 224 valence electrons. The summed E-state index contributed by atoms with van der Waals surface area (Å²) in [7, 11) is 0. The van der Waals surface area contributed by atoms with Gasteiger partial charge in [0.2, 0.25) is 0 Å². The molecule has 0 amide bonds. The normalized spacial score (nSPS) is 13.1. The highest BCUT2D eigenvalue weighted by molar-refractivity contribution is 5.55. The number of phenolic OH excluding ortho intramolecular Hbond substituents is 3. The highest BCUT2D eigenvalue weighted by Crippen LogP contribution is 2.42. The van der Waals surface area contributed by atoms with Crippen LogP contribution in [-0.4, -0.2) is 15.3 Å². The van der Waals surface area contributed by atoms with Gasteiger partial charge in [-0.1, -0.05) is 126 Å². The number of aryl methyl sites for hydroxylation is 1. The van der Waals surface area contributed by atoms with Crippen molar-refractivity contribution < 1.29 is 15.3 Å². The van der Waals surface area contributed by atoms with Crippen LogP contribution >= 0.6 is 0 Å². The molecule has 0 aliphatic carbocycles. The van der Waals surface area contributed by atoms with Crippen LogP contribution in [-0.2, 0) is 40.9 Å². The summed E-state index contributed by atoms with van der Waals surface area (Å²) in [5.74, 6) is 1.07. The maximum absolute atomic E-state index is 11.7. The summed E-state index contributed by atoms with van der Waals surface area (Å²) in [4.78, 5) is 0. The second kappa shape index (κ2) is 11.0. The molecule has 0 heterocycles. The van der Waals surface area contributed by atoms with E-state index in [2.05, 4.69) is 126 Å². The van der Waals surface area contributed by atoms with Crippen LogP contribution in [0.2, 0.25) is 0 Å². The van der Waals surface area contributed by atoms with E-state index in [1.54, 1.807) is 0 Å². The number of phenols is 3. The molecular weight excluding hydrogens is 504 g/mol. The van der Waals surface area contributed by atoms with E-state index in [0.717, 1.165) is 50.9 Å². The van der Waals surface area contributed by atoms with Gasteiger partial charge in [-0.2, -0.15) is 0 Å². The van der Waals surface area contributed by atoms with Crippen LogP contribution in [0, 0.1) is 0 Å². The van der Waals surface area contributed by atoms with Gasteiger partial charge in [0.05, 0.1) is 0 Å². The van der Waals surface area contributed by atoms with Crippen LogP contribution in [0.15, 0.2) is 36.4 Å². The molecule has 0 spiro atoms. The summed E-state index contributed by atoms with van der Waals surface area (Å²) in [5.41, 5.74) is 8.01. The predicted molar refractivity (Wildman–Crippen MR) is 174 cm³/mol. The highest BCUT2D eigenvalue weighted by Gasteiger charge is 2.28. The van der Waals surface area contributed by atoms with E-state index in [4.69, 9.17) is 0 Å². The molecule has 0 aromatic heterocycles. The first-order valence-electron chi connectivity index (χ1n) is 15.1. The Kier molecular flexibility index (Phi) is 8.77. The Balaban J connectivity index is 2.17. The first-order valence-corrected chi connectivity index (χ1v) is 15.1. The summed E-state index contributed by atoms with van der Waals surface area (Å²) in [6.45, 7) is 27.7. The molecule has 0 atom stereocenters. The van der Waals surface area contributed by atoms with Gasteiger partial charge in [0.25, 0.3) is 0 Å². The van der Waals surface area contributed by atoms with Crippen LogP contribution in [0.5, 0.6) is 17.2 Å². The SMILES string of the molecule is CCc1cc(Cc2cc(C(C)(C)C)c(O)c(C(C)(C)C)c2)c(O)c(Cc2cc(C(C)(C)C)c(O)c(C(C)(C)C)c2)c1. The molecule has 0 radical (unpaired) electrons. The largest absolute Gasteiger partial charge is 0.507 e. The van der Waals surface area contributed by atoms with Gasteiger partial charge < -0.3 is 15.3 Å². The van der Waals surface area contributed by atoms with Gasteiger partial charge in [0, 0.05) is 12.8 Å². The van der Waals surface area contributed by atoms with Crippen molar-refractivity contribution in [3.05, 3.63) is 86.5 Å². The monoisotopic (exact) mass is 558 g/mol. The molecule has 3 aromatic rings. The molecule has 41 heavy (non-hydrogen) atoms. The maximum Gasteiger partial charge on any atom is 0.123 e. The average molecular weight is 559 g/mol. The Bertz CT molecular complexity index is 1240. The minimum atomic E-state index is -0.215. The van der Waals surface area contributed by atoms with Crippen molar-refractivity contribution >= 4 is 0 Å². The van der Waals surface area contributed by atoms with Gasteiger partial charge in [-0.05, 0) is 78.2 Å². The molecule has 0 fully saturated rings. The summed E-state index contributed by atoms with van der Waals surface area (Å²) < 4.78 is 0. The van der Waals surface area contributed by atoms with Crippen molar-refractivity contribution in [3.8, 4) is 17.2 Å². The van der Waals surface area contributed by atoms with Crippen LogP contribution in [0.4, 0.5) is 0 Å². The fourth-order valence-electron chi connectivity index (χ4n) is 5.63. The van der Waals surface area contributed by atoms with Gasteiger partial charge >= 0.3 is 0 Å². The topological polar surface area (TPSA) is 60.7 Å². The molecule has 3 rings (SSSR count). The zero-order chi connectivity index (χ0) is 31.3. The molecule has 0 unspecified atom stereocenters. The van der Waals surface area contributed by atoms with E-state index in [9.17, 15) is 15.3 Å². The van der Waals surface area contributed by atoms with Gasteiger partial charge in [0.1, 0.15) is 17.2 Å². The lowest BCUT2D eigenvalue weighted by atomic mass is 9.77. The molecule has 3 N–H and O–H groups in total. The van der Waals surface area contributed by atoms with E-state index >= 15 is 0 Å². The molecule has 3 aromatic carbocycles. The van der Waals surface area contributed by atoms with Crippen molar-refractivity contribution in [1.29, 1.82) is 0 Å². The third-order valence-corrected chi connectivity index (χ3v) is 8.10. The second-order valence-electron chi connectivity index (χ2n) is 16.0. The first kappa shape index (κ1) is 32.6. The molecule has 0 bridgehead atoms. The van der Waals surface area contributed by atoms with Gasteiger partial charge in [-0.3, -0.25) is 0 Å². The lowest BCUT2D eigenvalue weighted by Crippen LogP contribution is -2.18. The molecule has 0 aliphatic heterocycles. The zero-order valence-electron chi connectivity index (χ0n) is 27.9. The maximum atomic E-state index is 11.7. The number of benzene rings is 3. The van der Waals surface area contributed by atoms with E-state index in [0.29, 0.717) is 30.1 Å². The van der Waals surface area contributed by atoms with E-state index in [1.165, 1.54) is 5.56 Å². The number of aromatic hydroxyl groups is 3. The van der Waals surface area contributed by atoms with Gasteiger partial charge in [0.15, 0.2) is 0 Å². The fourth-order valence-corrected chi connectivity index (χ4v) is 5.63. The van der Waals surface area contributed by atoms with Crippen molar-refractivity contribution in [2.75, 3.05) is 0 Å². The van der Waals surface area contributed by atoms with E-state index in [-0.39, 0.29) is 21.7 Å². The molecule has 3 nitrogen and oxygen atoms in total. The number of rotatable bonds is 5. The Labute approximate surface area is 249 Å². The lowest BCUT2D eigenvalue weighted by Gasteiger charge is -2.28. The Morgan fingerprint density at radius 2 is 0.683 bits per heavy atom. The zero-order valence-corrected chi connectivity index (χ0v) is 27.9. The third kappa shape index (κ3) is 7.29. The number of hydrogen-bond acceptors (Lipinski definition) is 3. The summed E-state index contributed by atoms with van der Waals surface area (Å²) in [6, 6.07) is 12.7. The second-order valence-corrected chi connectivity index (χ2v) is 16.0. The lowest BCUT2D eigenvalue weighted by molar-refractivity contribution is 0.422. The van der Waals surface area contributed by atoms with Gasteiger partial charge in [-0.15, -0.1) is 0 Å². The van der Waals surface area contributed by atoms with Crippen molar-refractivity contribution in [2.24, 2.45) is 0 Å². The van der Waals surface area contributed by atoms with Crippen molar-refractivity contribution in [3.63, 3.8) is 0 Å².